The molecule has 2 heterocycles. The molecule has 0 unspecified atom stereocenters. The number of rotatable bonds is 4. The Bertz CT molecular complexity index is 529. The molecule has 0 aliphatic rings. The molecule has 2 rings (SSSR count). The Morgan fingerprint density at radius 3 is 2.89 bits per heavy atom. The van der Waals surface area contributed by atoms with Crippen LogP contribution in [0.2, 0.25) is 5.02 Å². The van der Waals surface area contributed by atoms with Crippen LogP contribution in [-0.2, 0) is 0 Å². The summed E-state index contributed by atoms with van der Waals surface area (Å²) in [7, 11) is 0. The van der Waals surface area contributed by atoms with Crippen LogP contribution in [0.1, 0.15) is 5.69 Å². The number of hydrogen-bond acceptors (Lipinski definition) is 4. The lowest BCUT2D eigenvalue weighted by Gasteiger charge is -2.09. The standard InChI is InChI=1S/C12H14ClN5/c1-8-10(13)12(16-6-4-14)18-11(17-8)9-3-2-5-15-7-9/h2-3,5,7H,4,6,14H2,1H3,(H,16,17,18)/p+1. The highest BCUT2D eigenvalue weighted by Gasteiger charge is 2.10. The first-order valence-corrected chi connectivity index (χ1v) is 6.08. The molecule has 0 atom stereocenters. The summed E-state index contributed by atoms with van der Waals surface area (Å²) in [5.41, 5.74) is 5.39. The van der Waals surface area contributed by atoms with E-state index in [1.807, 2.05) is 19.1 Å². The fourth-order valence-electron chi connectivity index (χ4n) is 1.51. The molecule has 18 heavy (non-hydrogen) atoms. The van der Waals surface area contributed by atoms with Crippen LogP contribution in [0.15, 0.2) is 24.5 Å². The third-order valence-corrected chi connectivity index (χ3v) is 2.86. The molecule has 0 fully saturated rings. The van der Waals surface area contributed by atoms with Crippen molar-refractivity contribution in [2.75, 3.05) is 18.4 Å². The summed E-state index contributed by atoms with van der Waals surface area (Å²) in [6.07, 6.45) is 3.45. The lowest BCUT2D eigenvalue weighted by atomic mass is 10.2. The quantitative estimate of drug-likeness (QED) is 0.868. The van der Waals surface area contributed by atoms with Gasteiger partial charge < -0.3 is 11.1 Å². The van der Waals surface area contributed by atoms with Crippen LogP contribution in [0.5, 0.6) is 0 Å². The zero-order chi connectivity index (χ0) is 13.0. The first kappa shape index (κ1) is 12.7. The summed E-state index contributed by atoms with van der Waals surface area (Å²) in [6, 6.07) is 3.77. The fraction of sp³-hybridized carbons (Fsp3) is 0.250. The van der Waals surface area contributed by atoms with Gasteiger partial charge in [0.25, 0.3) is 0 Å². The molecule has 0 saturated heterocycles. The van der Waals surface area contributed by atoms with E-state index in [1.54, 1.807) is 12.4 Å². The predicted molar refractivity (Wildman–Crippen MR) is 71.3 cm³/mol. The van der Waals surface area contributed by atoms with Crippen molar-refractivity contribution in [3.05, 3.63) is 35.2 Å². The molecule has 0 aliphatic carbocycles. The maximum absolute atomic E-state index is 6.16. The van der Waals surface area contributed by atoms with E-state index in [1.165, 1.54) is 0 Å². The minimum Gasteiger partial charge on any atom is -0.363 e. The van der Waals surface area contributed by atoms with E-state index in [2.05, 4.69) is 26.0 Å². The van der Waals surface area contributed by atoms with Crippen LogP contribution in [0, 0.1) is 6.92 Å². The van der Waals surface area contributed by atoms with Gasteiger partial charge in [-0.2, -0.15) is 0 Å². The zero-order valence-electron chi connectivity index (χ0n) is 10.2. The highest BCUT2D eigenvalue weighted by atomic mass is 35.5. The van der Waals surface area contributed by atoms with Crippen molar-refractivity contribution in [1.29, 1.82) is 0 Å². The summed E-state index contributed by atoms with van der Waals surface area (Å²) in [6.45, 7) is 3.35. The number of nitrogens with zero attached hydrogens (tertiary/aromatic N) is 3. The van der Waals surface area contributed by atoms with E-state index >= 15 is 0 Å². The Morgan fingerprint density at radius 2 is 2.22 bits per heavy atom. The Morgan fingerprint density at radius 1 is 1.39 bits per heavy atom. The summed E-state index contributed by atoms with van der Waals surface area (Å²) in [5.74, 6) is 1.27. The summed E-state index contributed by atoms with van der Waals surface area (Å²) < 4.78 is 0. The highest BCUT2D eigenvalue weighted by Crippen LogP contribution is 2.25. The van der Waals surface area contributed by atoms with Crippen LogP contribution in [0.3, 0.4) is 0 Å². The molecule has 0 radical (unpaired) electrons. The van der Waals surface area contributed by atoms with Gasteiger partial charge in [0.05, 0.1) is 18.8 Å². The number of halogens is 1. The van der Waals surface area contributed by atoms with Crippen LogP contribution >= 0.6 is 11.6 Å². The number of nitrogens with one attached hydrogen (secondary N) is 1. The van der Waals surface area contributed by atoms with Gasteiger partial charge in [0.15, 0.2) is 5.82 Å². The van der Waals surface area contributed by atoms with Gasteiger partial charge in [0.2, 0.25) is 0 Å². The maximum Gasteiger partial charge on any atom is 0.163 e. The van der Waals surface area contributed by atoms with Gasteiger partial charge in [0.1, 0.15) is 10.8 Å². The number of hydrogen-bond donors (Lipinski definition) is 2. The average molecular weight is 265 g/mol. The molecule has 2 aromatic rings. The van der Waals surface area contributed by atoms with Crippen LogP contribution in [0.4, 0.5) is 5.82 Å². The van der Waals surface area contributed by atoms with Gasteiger partial charge in [-0.1, -0.05) is 11.6 Å². The molecule has 0 amide bonds. The first-order chi connectivity index (χ1) is 8.72. The number of quaternary nitrogens is 1. The van der Waals surface area contributed by atoms with E-state index in [-0.39, 0.29) is 0 Å². The molecular weight excluding hydrogens is 250 g/mol. The highest BCUT2D eigenvalue weighted by molar-refractivity contribution is 6.33. The molecular formula is C12H15ClN5+. The van der Waals surface area contributed by atoms with Gasteiger partial charge in [-0.15, -0.1) is 0 Å². The molecule has 6 heteroatoms. The number of aromatic nitrogens is 3. The van der Waals surface area contributed by atoms with Gasteiger partial charge in [-0.3, -0.25) is 4.98 Å². The van der Waals surface area contributed by atoms with Crippen molar-refractivity contribution in [3.8, 4) is 11.4 Å². The second-order valence-electron chi connectivity index (χ2n) is 3.82. The van der Waals surface area contributed by atoms with E-state index < -0.39 is 0 Å². The molecule has 0 spiro atoms. The Labute approximate surface area is 110 Å². The normalized spacial score (nSPS) is 10.4. The van der Waals surface area contributed by atoms with Crippen molar-refractivity contribution >= 4 is 17.4 Å². The van der Waals surface area contributed by atoms with Gasteiger partial charge in [-0.05, 0) is 19.1 Å². The number of aryl methyl sites for hydroxylation is 1. The van der Waals surface area contributed by atoms with E-state index in [0.29, 0.717) is 16.7 Å². The zero-order valence-corrected chi connectivity index (χ0v) is 10.9. The second kappa shape index (κ2) is 5.75. The molecule has 94 valence electrons. The third kappa shape index (κ3) is 2.75. The van der Waals surface area contributed by atoms with Gasteiger partial charge >= 0.3 is 0 Å². The molecule has 0 saturated carbocycles. The molecule has 2 aromatic heterocycles. The Balaban J connectivity index is 2.41. The minimum absolute atomic E-state index is 0.552. The number of pyridine rings is 1. The van der Waals surface area contributed by atoms with Crippen LogP contribution in [-0.4, -0.2) is 28.0 Å². The molecule has 0 bridgehead atoms. The predicted octanol–water partition coefficient (Wildman–Crippen LogP) is 1.15. The van der Waals surface area contributed by atoms with E-state index in [4.69, 9.17) is 11.6 Å². The van der Waals surface area contributed by atoms with Crippen LogP contribution in [0.25, 0.3) is 11.4 Å². The molecule has 0 aromatic carbocycles. The van der Waals surface area contributed by atoms with Crippen molar-refractivity contribution in [3.63, 3.8) is 0 Å². The summed E-state index contributed by atoms with van der Waals surface area (Å²) >= 11 is 6.16. The number of anilines is 1. The van der Waals surface area contributed by atoms with Crippen molar-refractivity contribution in [2.45, 2.75) is 6.92 Å². The Hall–Kier alpha value is -1.72. The van der Waals surface area contributed by atoms with E-state index in [0.717, 1.165) is 24.3 Å². The first-order valence-electron chi connectivity index (χ1n) is 5.70. The van der Waals surface area contributed by atoms with E-state index in [9.17, 15) is 0 Å². The monoisotopic (exact) mass is 264 g/mol. The minimum atomic E-state index is 0.552. The molecule has 5 nitrogen and oxygen atoms in total. The van der Waals surface area contributed by atoms with Gasteiger partial charge in [0, 0.05) is 18.0 Å². The van der Waals surface area contributed by atoms with Crippen molar-refractivity contribution in [1.82, 2.24) is 15.0 Å². The molecule has 0 aliphatic heterocycles. The van der Waals surface area contributed by atoms with Crippen molar-refractivity contribution < 1.29 is 5.73 Å². The summed E-state index contributed by atoms with van der Waals surface area (Å²) in [4.78, 5) is 12.9. The largest absolute Gasteiger partial charge is 0.363 e. The summed E-state index contributed by atoms with van der Waals surface area (Å²) in [5, 5.41) is 3.70. The maximum atomic E-state index is 6.16. The Kier molecular flexibility index (Phi) is 4.07. The smallest absolute Gasteiger partial charge is 0.163 e. The SMILES string of the molecule is Cc1nc(-c2cccnc2)nc(NCC[NH3+])c1Cl. The average Bonchev–Trinajstić information content (AvgIpc) is 2.41. The lowest BCUT2D eigenvalue weighted by Crippen LogP contribution is -2.53. The lowest BCUT2D eigenvalue weighted by molar-refractivity contribution is -0.362. The molecule has 4 N–H and O–H groups in total. The third-order valence-electron chi connectivity index (χ3n) is 2.41. The van der Waals surface area contributed by atoms with Crippen molar-refractivity contribution in [2.24, 2.45) is 0 Å². The van der Waals surface area contributed by atoms with Crippen LogP contribution < -0.4 is 11.1 Å². The topological polar surface area (TPSA) is 78.3 Å². The second-order valence-corrected chi connectivity index (χ2v) is 4.20. The fourth-order valence-corrected chi connectivity index (χ4v) is 1.66. The van der Waals surface area contributed by atoms with Gasteiger partial charge in [-0.25, -0.2) is 9.97 Å².